The van der Waals surface area contributed by atoms with E-state index >= 15 is 0 Å². The number of hydrogen-bond donors (Lipinski definition) is 1. The number of hydrogen-bond acceptors (Lipinski definition) is 2. The summed E-state index contributed by atoms with van der Waals surface area (Å²) in [4.78, 5) is 0. The number of rotatable bonds is 5. The van der Waals surface area contributed by atoms with Gasteiger partial charge in [0, 0.05) is 0 Å². The van der Waals surface area contributed by atoms with Crippen molar-refractivity contribution in [3.63, 3.8) is 0 Å². The van der Waals surface area contributed by atoms with Crippen molar-refractivity contribution in [1.29, 1.82) is 0 Å². The molecule has 110 valence electrons. The maximum atomic E-state index is 6.06. The van der Waals surface area contributed by atoms with Gasteiger partial charge in [0.25, 0.3) is 0 Å². The lowest BCUT2D eigenvalue weighted by Crippen LogP contribution is -2.06. The van der Waals surface area contributed by atoms with Gasteiger partial charge in [0.15, 0.2) is 0 Å². The molecule has 0 saturated heterocycles. The highest BCUT2D eigenvalue weighted by atomic mass is 79.9. The van der Waals surface area contributed by atoms with Crippen molar-refractivity contribution in [3.05, 3.63) is 63.1 Å². The smallest absolute Gasteiger partial charge is 0.137 e. The van der Waals surface area contributed by atoms with Gasteiger partial charge < -0.3 is 10.5 Å². The van der Waals surface area contributed by atoms with Crippen molar-refractivity contribution in [2.75, 3.05) is 6.54 Å². The largest absolute Gasteiger partial charge is 0.487 e. The van der Waals surface area contributed by atoms with E-state index in [0.717, 1.165) is 22.2 Å². The molecule has 21 heavy (non-hydrogen) atoms. The average molecular weight is 346 g/mol. The molecule has 0 atom stereocenters. The first-order chi connectivity index (χ1) is 10.3. The summed E-state index contributed by atoms with van der Waals surface area (Å²) in [5.74, 6) is 0.920. The van der Waals surface area contributed by atoms with Crippen LogP contribution in [-0.4, -0.2) is 6.54 Å². The molecule has 3 rings (SSSR count). The zero-order chi connectivity index (χ0) is 14.7. The molecule has 2 nitrogen and oxygen atoms in total. The standard InChI is InChI=1S/C18H20BrNO/c19-17-6-2-4-15(9-10-20)18(17)21-12-13-7-8-14-3-1-5-16(14)11-13/h2,4,6-8,11H,1,3,5,9-10,12,20H2. The Labute approximate surface area is 134 Å². The van der Waals surface area contributed by atoms with E-state index in [2.05, 4.69) is 40.2 Å². The summed E-state index contributed by atoms with van der Waals surface area (Å²) in [5, 5.41) is 0. The van der Waals surface area contributed by atoms with Crippen LogP contribution < -0.4 is 10.5 Å². The van der Waals surface area contributed by atoms with Gasteiger partial charge in [-0.25, -0.2) is 0 Å². The summed E-state index contributed by atoms with van der Waals surface area (Å²) < 4.78 is 7.06. The Hall–Kier alpha value is -1.32. The fourth-order valence-electron chi connectivity index (χ4n) is 2.94. The minimum atomic E-state index is 0.605. The molecule has 2 N–H and O–H groups in total. The molecule has 3 heteroatoms. The normalized spacial score (nSPS) is 13.2. The second-order valence-corrected chi connectivity index (χ2v) is 6.37. The van der Waals surface area contributed by atoms with Crippen LogP contribution in [0.2, 0.25) is 0 Å². The average Bonchev–Trinajstić information content (AvgIpc) is 2.94. The van der Waals surface area contributed by atoms with E-state index in [9.17, 15) is 0 Å². The van der Waals surface area contributed by atoms with E-state index in [1.165, 1.54) is 36.0 Å². The van der Waals surface area contributed by atoms with Gasteiger partial charge in [-0.3, -0.25) is 0 Å². The molecule has 0 aromatic heterocycles. The number of para-hydroxylation sites is 1. The van der Waals surface area contributed by atoms with Crippen molar-refractivity contribution < 1.29 is 4.74 Å². The fraction of sp³-hybridized carbons (Fsp3) is 0.333. The summed E-state index contributed by atoms with van der Waals surface area (Å²) in [7, 11) is 0. The summed E-state index contributed by atoms with van der Waals surface area (Å²) in [6.45, 7) is 1.24. The number of fused-ring (bicyclic) bond motifs is 1. The number of nitrogens with two attached hydrogens (primary N) is 1. The van der Waals surface area contributed by atoms with Crippen molar-refractivity contribution in [2.45, 2.75) is 32.3 Å². The first-order valence-electron chi connectivity index (χ1n) is 7.49. The fourth-order valence-corrected chi connectivity index (χ4v) is 3.46. The quantitative estimate of drug-likeness (QED) is 0.888. The zero-order valence-electron chi connectivity index (χ0n) is 12.1. The Balaban J connectivity index is 1.76. The molecule has 0 bridgehead atoms. The van der Waals surface area contributed by atoms with Crippen LogP contribution in [0.1, 0.15) is 28.7 Å². The molecule has 0 fully saturated rings. The maximum Gasteiger partial charge on any atom is 0.137 e. The van der Waals surface area contributed by atoms with Gasteiger partial charge in [0.05, 0.1) is 4.47 Å². The molecule has 0 saturated carbocycles. The van der Waals surface area contributed by atoms with Gasteiger partial charge >= 0.3 is 0 Å². The number of aryl methyl sites for hydroxylation is 2. The summed E-state index contributed by atoms with van der Waals surface area (Å²) in [6, 6.07) is 12.8. The molecule has 2 aromatic rings. The second kappa shape index (κ2) is 6.63. The first kappa shape index (κ1) is 14.6. The van der Waals surface area contributed by atoms with Gasteiger partial charge in [-0.15, -0.1) is 0 Å². The second-order valence-electron chi connectivity index (χ2n) is 5.51. The molecule has 0 spiro atoms. The van der Waals surface area contributed by atoms with Crippen molar-refractivity contribution in [2.24, 2.45) is 5.73 Å². The Morgan fingerprint density at radius 1 is 1.10 bits per heavy atom. The summed E-state index contributed by atoms with van der Waals surface area (Å²) >= 11 is 3.57. The first-order valence-corrected chi connectivity index (χ1v) is 8.28. The van der Waals surface area contributed by atoms with Crippen molar-refractivity contribution in [1.82, 2.24) is 0 Å². The SMILES string of the molecule is NCCc1cccc(Br)c1OCc1ccc2c(c1)CCC2. The Morgan fingerprint density at radius 3 is 2.81 bits per heavy atom. The number of halogens is 1. The van der Waals surface area contributed by atoms with E-state index in [1.807, 2.05) is 12.1 Å². The van der Waals surface area contributed by atoms with Crippen LogP contribution in [0.5, 0.6) is 5.75 Å². The van der Waals surface area contributed by atoms with E-state index in [0.29, 0.717) is 13.2 Å². The Bertz CT molecular complexity index is 639. The molecule has 2 aromatic carbocycles. The van der Waals surface area contributed by atoms with E-state index in [1.54, 1.807) is 0 Å². The lowest BCUT2D eigenvalue weighted by atomic mass is 10.1. The zero-order valence-corrected chi connectivity index (χ0v) is 13.7. The van der Waals surface area contributed by atoms with Gasteiger partial charge in [-0.1, -0.05) is 30.3 Å². The topological polar surface area (TPSA) is 35.2 Å². The number of ether oxygens (including phenoxy) is 1. The lowest BCUT2D eigenvalue weighted by Gasteiger charge is -2.13. The van der Waals surface area contributed by atoms with Crippen LogP contribution in [0, 0.1) is 0 Å². The van der Waals surface area contributed by atoms with Crippen LogP contribution in [0.3, 0.4) is 0 Å². The number of benzene rings is 2. The lowest BCUT2D eigenvalue weighted by molar-refractivity contribution is 0.301. The highest BCUT2D eigenvalue weighted by Crippen LogP contribution is 2.30. The molecule has 0 unspecified atom stereocenters. The molecular weight excluding hydrogens is 326 g/mol. The molecule has 1 aliphatic carbocycles. The van der Waals surface area contributed by atoms with Gasteiger partial charge in [-0.05, 0) is 76.5 Å². The van der Waals surface area contributed by atoms with Crippen LogP contribution >= 0.6 is 15.9 Å². The maximum absolute atomic E-state index is 6.06. The molecule has 1 aliphatic rings. The van der Waals surface area contributed by atoms with E-state index < -0.39 is 0 Å². The predicted molar refractivity (Wildman–Crippen MR) is 89.7 cm³/mol. The van der Waals surface area contributed by atoms with Crippen molar-refractivity contribution in [3.8, 4) is 5.75 Å². The summed E-state index contributed by atoms with van der Waals surface area (Å²) in [5.41, 5.74) is 11.1. The highest BCUT2D eigenvalue weighted by Gasteiger charge is 2.12. The van der Waals surface area contributed by atoms with Gasteiger partial charge in [0.2, 0.25) is 0 Å². The van der Waals surface area contributed by atoms with Crippen molar-refractivity contribution >= 4 is 15.9 Å². The Kier molecular flexibility index (Phi) is 4.61. The highest BCUT2D eigenvalue weighted by molar-refractivity contribution is 9.10. The monoisotopic (exact) mass is 345 g/mol. The molecule has 0 aliphatic heterocycles. The molecule has 0 radical (unpaired) electrons. The molecule has 0 amide bonds. The van der Waals surface area contributed by atoms with Crippen LogP contribution in [-0.2, 0) is 25.9 Å². The molecule has 0 heterocycles. The third kappa shape index (κ3) is 3.30. The predicted octanol–water partition coefficient (Wildman–Crippen LogP) is 4.02. The van der Waals surface area contributed by atoms with Crippen LogP contribution in [0.15, 0.2) is 40.9 Å². The third-order valence-electron chi connectivity index (χ3n) is 4.01. The third-order valence-corrected chi connectivity index (χ3v) is 4.63. The van der Waals surface area contributed by atoms with Crippen LogP contribution in [0.4, 0.5) is 0 Å². The van der Waals surface area contributed by atoms with Gasteiger partial charge in [-0.2, -0.15) is 0 Å². The van der Waals surface area contributed by atoms with E-state index in [-0.39, 0.29) is 0 Å². The molecular formula is C18H20BrNO. The van der Waals surface area contributed by atoms with E-state index in [4.69, 9.17) is 10.5 Å². The van der Waals surface area contributed by atoms with Gasteiger partial charge in [0.1, 0.15) is 12.4 Å². The van der Waals surface area contributed by atoms with Crippen LogP contribution in [0.25, 0.3) is 0 Å². The summed E-state index contributed by atoms with van der Waals surface area (Å²) in [6.07, 6.45) is 4.54. The minimum Gasteiger partial charge on any atom is -0.487 e. The Morgan fingerprint density at radius 2 is 1.95 bits per heavy atom. The minimum absolute atomic E-state index is 0.605.